The number of carbonyl (C=O) groups excluding carboxylic acids is 2. The van der Waals surface area contributed by atoms with Crippen molar-refractivity contribution < 1.29 is 22.7 Å². The van der Waals surface area contributed by atoms with E-state index in [1.54, 1.807) is 42.5 Å². The number of unbranched alkanes of at least 4 members (excludes halogenated alkanes) is 1. The summed E-state index contributed by atoms with van der Waals surface area (Å²) in [6.07, 6.45) is 1.85. The molecule has 46 heavy (non-hydrogen) atoms. The molecule has 0 aliphatic heterocycles. The molecule has 0 saturated heterocycles. The van der Waals surface area contributed by atoms with Crippen LogP contribution in [0, 0.1) is 0 Å². The maximum absolute atomic E-state index is 14.5. The van der Waals surface area contributed by atoms with Gasteiger partial charge in [-0.15, -0.1) is 0 Å². The smallest absolute Gasteiger partial charge is 0.264 e. The molecule has 4 aromatic carbocycles. The predicted octanol–water partition coefficient (Wildman–Crippen LogP) is 6.75. The van der Waals surface area contributed by atoms with E-state index in [1.807, 2.05) is 37.3 Å². The fourth-order valence-electron chi connectivity index (χ4n) is 4.91. The van der Waals surface area contributed by atoms with E-state index in [0.29, 0.717) is 27.9 Å². The Morgan fingerprint density at radius 1 is 0.891 bits per heavy atom. The first-order valence-corrected chi connectivity index (χ1v) is 17.1. The zero-order valence-electron chi connectivity index (χ0n) is 25.7. The van der Waals surface area contributed by atoms with Gasteiger partial charge in [0, 0.05) is 29.6 Å². The number of nitrogens with zero attached hydrogens (tertiary/aromatic N) is 2. The standard InChI is InChI=1S/C35H37Cl2N3O5S/c1-3-4-21-38-35(42)33(22-26-11-6-5-7-12-26)39(24-27-13-8-9-16-32(27)37)34(41)25-40(29-15-10-14-28(36)23-29)46(43,44)31-19-17-30(45-2)18-20-31/h5-20,23,33H,3-4,21-22,24-25H2,1-2H3,(H,38,42)/t33-/m1/s1. The van der Waals surface area contributed by atoms with Crippen LogP contribution in [0.1, 0.15) is 30.9 Å². The lowest BCUT2D eigenvalue weighted by Crippen LogP contribution is -2.53. The summed E-state index contributed by atoms with van der Waals surface area (Å²) >= 11 is 12.8. The molecule has 242 valence electrons. The van der Waals surface area contributed by atoms with Gasteiger partial charge in [-0.1, -0.05) is 91.1 Å². The van der Waals surface area contributed by atoms with Crippen molar-refractivity contribution in [2.24, 2.45) is 0 Å². The van der Waals surface area contributed by atoms with Crippen LogP contribution in [0.15, 0.2) is 108 Å². The number of hydrogen-bond acceptors (Lipinski definition) is 5. The van der Waals surface area contributed by atoms with Crippen molar-refractivity contribution in [3.63, 3.8) is 0 Å². The molecule has 0 aromatic heterocycles. The number of sulfonamides is 1. The number of methoxy groups -OCH3 is 1. The minimum Gasteiger partial charge on any atom is -0.497 e. The average molecular weight is 683 g/mol. The summed E-state index contributed by atoms with van der Waals surface area (Å²) in [6, 6.07) is 27.6. The quantitative estimate of drug-likeness (QED) is 0.140. The Hall–Kier alpha value is -4.05. The Kier molecular flexibility index (Phi) is 12.5. The molecular formula is C35H37Cl2N3O5S. The molecule has 1 atom stereocenters. The SMILES string of the molecule is CCCCNC(=O)[C@@H](Cc1ccccc1)N(Cc1ccccc1Cl)C(=O)CN(c1cccc(Cl)c1)S(=O)(=O)c1ccc(OC)cc1. The highest BCUT2D eigenvalue weighted by atomic mass is 35.5. The summed E-state index contributed by atoms with van der Waals surface area (Å²) < 4.78 is 34.5. The third kappa shape index (κ3) is 9.02. The second kappa shape index (κ2) is 16.5. The predicted molar refractivity (Wildman–Crippen MR) is 183 cm³/mol. The van der Waals surface area contributed by atoms with Crippen molar-refractivity contribution >= 4 is 50.7 Å². The largest absolute Gasteiger partial charge is 0.497 e. The van der Waals surface area contributed by atoms with Crippen LogP contribution in [0.5, 0.6) is 5.75 Å². The van der Waals surface area contributed by atoms with Gasteiger partial charge in [-0.25, -0.2) is 8.42 Å². The minimum absolute atomic E-state index is 0.0246. The Morgan fingerprint density at radius 2 is 1.59 bits per heavy atom. The lowest BCUT2D eigenvalue weighted by Gasteiger charge is -2.34. The number of ether oxygens (including phenoxy) is 1. The summed E-state index contributed by atoms with van der Waals surface area (Å²) in [5, 5.41) is 3.69. The number of carbonyl (C=O) groups is 2. The van der Waals surface area contributed by atoms with E-state index in [-0.39, 0.29) is 29.5 Å². The van der Waals surface area contributed by atoms with E-state index >= 15 is 0 Å². The molecule has 4 rings (SSSR count). The zero-order chi connectivity index (χ0) is 33.1. The van der Waals surface area contributed by atoms with Gasteiger partial charge >= 0.3 is 0 Å². The molecule has 4 aromatic rings. The molecule has 11 heteroatoms. The van der Waals surface area contributed by atoms with Crippen LogP contribution in [0.3, 0.4) is 0 Å². The van der Waals surface area contributed by atoms with E-state index in [0.717, 1.165) is 22.7 Å². The molecule has 1 N–H and O–H groups in total. The van der Waals surface area contributed by atoms with E-state index in [1.165, 1.54) is 42.3 Å². The van der Waals surface area contributed by atoms with Crippen LogP contribution in [0.4, 0.5) is 5.69 Å². The summed E-state index contributed by atoms with van der Waals surface area (Å²) in [5.41, 5.74) is 1.65. The van der Waals surface area contributed by atoms with Gasteiger partial charge in [-0.2, -0.15) is 0 Å². The normalized spacial score (nSPS) is 11.8. The van der Waals surface area contributed by atoms with E-state index in [4.69, 9.17) is 27.9 Å². The molecule has 0 radical (unpaired) electrons. The molecular weight excluding hydrogens is 645 g/mol. The maximum Gasteiger partial charge on any atom is 0.264 e. The number of nitrogens with one attached hydrogen (secondary N) is 1. The molecule has 0 heterocycles. The molecule has 0 aliphatic carbocycles. The Balaban J connectivity index is 1.80. The van der Waals surface area contributed by atoms with Gasteiger partial charge < -0.3 is 15.0 Å². The van der Waals surface area contributed by atoms with Crippen LogP contribution in [0.2, 0.25) is 10.0 Å². The van der Waals surface area contributed by atoms with Crippen LogP contribution in [-0.4, -0.2) is 51.4 Å². The monoisotopic (exact) mass is 681 g/mol. The first kappa shape index (κ1) is 34.8. The number of hydrogen-bond donors (Lipinski definition) is 1. The minimum atomic E-state index is -4.28. The highest BCUT2D eigenvalue weighted by Crippen LogP contribution is 2.28. The molecule has 2 amide bonds. The molecule has 0 bridgehead atoms. The molecule has 0 aliphatic rings. The van der Waals surface area contributed by atoms with E-state index < -0.39 is 28.5 Å². The topological polar surface area (TPSA) is 96.0 Å². The summed E-state index contributed by atoms with van der Waals surface area (Å²) in [5.74, 6) is -0.457. The van der Waals surface area contributed by atoms with Gasteiger partial charge in [0.05, 0.1) is 17.7 Å². The van der Waals surface area contributed by atoms with Gasteiger partial charge in [0.25, 0.3) is 10.0 Å². The molecule has 8 nitrogen and oxygen atoms in total. The summed E-state index contributed by atoms with van der Waals surface area (Å²) in [4.78, 5) is 29.7. The Morgan fingerprint density at radius 3 is 2.24 bits per heavy atom. The number of rotatable bonds is 15. The number of amides is 2. The van der Waals surface area contributed by atoms with E-state index in [9.17, 15) is 18.0 Å². The van der Waals surface area contributed by atoms with Crippen LogP contribution in [0.25, 0.3) is 0 Å². The van der Waals surface area contributed by atoms with E-state index in [2.05, 4.69) is 5.32 Å². The fraction of sp³-hybridized carbons (Fsp3) is 0.257. The van der Waals surface area contributed by atoms with Crippen molar-refractivity contribution in [1.29, 1.82) is 0 Å². The zero-order valence-corrected chi connectivity index (χ0v) is 28.1. The van der Waals surface area contributed by atoms with Gasteiger partial charge in [-0.05, 0) is 66.1 Å². The fourth-order valence-corrected chi connectivity index (χ4v) is 6.69. The first-order chi connectivity index (χ1) is 22.1. The van der Waals surface area contributed by atoms with Crippen molar-refractivity contribution in [2.45, 2.75) is 43.7 Å². The third-order valence-electron chi connectivity index (χ3n) is 7.42. The van der Waals surface area contributed by atoms with Crippen LogP contribution in [-0.2, 0) is 32.6 Å². The van der Waals surface area contributed by atoms with Gasteiger partial charge in [-0.3, -0.25) is 13.9 Å². The third-order valence-corrected chi connectivity index (χ3v) is 9.81. The van der Waals surface area contributed by atoms with Crippen LogP contribution < -0.4 is 14.4 Å². The number of benzene rings is 4. The van der Waals surface area contributed by atoms with Crippen molar-refractivity contribution in [2.75, 3.05) is 24.5 Å². The van der Waals surface area contributed by atoms with Crippen LogP contribution >= 0.6 is 23.2 Å². The molecule has 0 unspecified atom stereocenters. The van der Waals surface area contributed by atoms with Gasteiger partial charge in [0.15, 0.2) is 0 Å². The lowest BCUT2D eigenvalue weighted by atomic mass is 10.0. The maximum atomic E-state index is 14.5. The van der Waals surface area contributed by atoms with Crippen molar-refractivity contribution in [1.82, 2.24) is 10.2 Å². The van der Waals surface area contributed by atoms with Gasteiger partial charge in [0.2, 0.25) is 11.8 Å². The summed E-state index contributed by atoms with van der Waals surface area (Å²) in [7, 11) is -2.80. The van der Waals surface area contributed by atoms with Crippen molar-refractivity contribution in [3.8, 4) is 5.75 Å². The van der Waals surface area contributed by atoms with Crippen molar-refractivity contribution in [3.05, 3.63) is 124 Å². The number of halogens is 2. The van der Waals surface area contributed by atoms with Gasteiger partial charge in [0.1, 0.15) is 18.3 Å². The Bertz CT molecular complexity index is 1720. The highest BCUT2D eigenvalue weighted by molar-refractivity contribution is 7.92. The average Bonchev–Trinajstić information content (AvgIpc) is 3.06. The second-order valence-electron chi connectivity index (χ2n) is 10.6. The first-order valence-electron chi connectivity index (χ1n) is 14.9. The lowest BCUT2D eigenvalue weighted by molar-refractivity contribution is -0.140. The summed E-state index contributed by atoms with van der Waals surface area (Å²) in [6.45, 7) is 1.83. The number of anilines is 1. The molecule has 0 saturated carbocycles. The highest BCUT2D eigenvalue weighted by Gasteiger charge is 2.35. The Labute approximate surface area is 280 Å². The molecule has 0 spiro atoms. The molecule has 0 fully saturated rings. The second-order valence-corrected chi connectivity index (χ2v) is 13.3.